The van der Waals surface area contributed by atoms with Crippen LogP contribution in [0.2, 0.25) is 0 Å². The zero-order valence-corrected chi connectivity index (χ0v) is 20.4. The number of phenolic OH excluding ortho intramolecular Hbond substituents is 1. The lowest BCUT2D eigenvalue weighted by atomic mass is 9.81. The van der Waals surface area contributed by atoms with Gasteiger partial charge in [-0.25, -0.2) is 4.79 Å². The van der Waals surface area contributed by atoms with Crippen LogP contribution in [0, 0.1) is 4.91 Å². The molecule has 0 aromatic heterocycles. The van der Waals surface area contributed by atoms with Crippen LogP contribution >= 0.6 is 0 Å². The number of benzene rings is 3. The molecular formula is C29H19F3N3O5+. The number of phenols is 1. The number of halogens is 3. The minimum absolute atomic E-state index is 0.0199. The number of ketones is 1. The largest absolute Gasteiger partial charge is 0.507 e. The second kappa shape index (κ2) is 8.75. The Labute approximate surface area is 224 Å². The third-order valence-corrected chi connectivity index (χ3v) is 7.13. The Hall–Kier alpha value is -5.03. The number of hydrogen-bond donors (Lipinski definition) is 3. The summed E-state index contributed by atoms with van der Waals surface area (Å²) in [5.74, 6) is -2.01. The van der Waals surface area contributed by atoms with E-state index in [-0.39, 0.29) is 28.1 Å². The van der Waals surface area contributed by atoms with Gasteiger partial charge in [-0.3, -0.25) is 9.80 Å². The van der Waals surface area contributed by atoms with Crippen molar-refractivity contribution in [2.75, 3.05) is 5.01 Å². The number of aromatic carboxylic acids is 1. The van der Waals surface area contributed by atoms with Crippen LogP contribution in [0.3, 0.4) is 0 Å². The highest BCUT2D eigenvalue weighted by Gasteiger charge is 2.62. The van der Waals surface area contributed by atoms with E-state index in [1.807, 2.05) is 0 Å². The summed E-state index contributed by atoms with van der Waals surface area (Å²) >= 11 is 0. The quantitative estimate of drug-likeness (QED) is 0.301. The number of hydrazine groups is 1. The number of alkyl halides is 3. The fourth-order valence-electron chi connectivity index (χ4n) is 5.22. The minimum atomic E-state index is -4.65. The predicted octanol–water partition coefficient (Wildman–Crippen LogP) is 5.28. The molecule has 6 rings (SSSR count). The highest BCUT2D eigenvalue weighted by Crippen LogP contribution is 2.49. The summed E-state index contributed by atoms with van der Waals surface area (Å²) in [6, 6.07) is 13.6. The summed E-state index contributed by atoms with van der Waals surface area (Å²) in [5.41, 5.74) is 1.25. The Morgan fingerprint density at radius 1 is 1.00 bits per heavy atom. The van der Waals surface area contributed by atoms with E-state index >= 15 is 0 Å². The number of carboxylic acid groups (broad SMARTS) is 1. The molecule has 200 valence electrons. The topological polar surface area (TPSA) is 120 Å². The molecule has 3 aromatic rings. The Balaban J connectivity index is 1.46. The zero-order valence-electron chi connectivity index (χ0n) is 20.4. The molecule has 2 heterocycles. The van der Waals surface area contributed by atoms with Gasteiger partial charge < -0.3 is 10.2 Å². The average Bonchev–Trinajstić information content (AvgIpc) is 3.65. The summed E-state index contributed by atoms with van der Waals surface area (Å²) in [7, 11) is 0. The maximum absolute atomic E-state index is 14.1. The summed E-state index contributed by atoms with van der Waals surface area (Å²) < 4.78 is 40.8. The van der Waals surface area contributed by atoms with Crippen molar-refractivity contribution < 1.29 is 37.7 Å². The van der Waals surface area contributed by atoms with Gasteiger partial charge in [0.25, 0.3) is 6.04 Å². The lowest BCUT2D eigenvalue weighted by Gasteiger charge is -2.24. The van der Waals surface area contributed by atoms with Crippen LogP contribution in [-0.2, 0) is 11.0 Å². The summed E-state index contributed by atoms with van der Waals surface area (Å²) in [5, 5.41) is 21.8. The molecule has 11 heteroatoms. The molecule has 3 aromatic carbocycles. The molecule has 1 fully saturated rings. The van der Waals surface area contributed by atoms with Gasteiger partial charge in [-0.2, -0.15) is 18.6 Å². The Morgan fingerprint density at radius 2 is 1.73 bits per heavy atom. The van der Waals surface area contributed by atoms with Gasteiger partial charge in [0.2, 0.25) is 17.6 Å². The van der Waals surface area contributed by atoms with Crippen LogP contribution in [-0.4, -0.2) is 32.4 Å². The number of carbonyl (C=O) groups excluding carboxylic acids is 1. The van der Waals surface area contributed by atoms with E-state index < -0.39 is 35.2 Å². The molecule has 3 N–H and O–H groups in total. The molecule has 1 aliphatic carbocycles. The second-order valence-electron chi connectivity index (χ2n) is 9.47. The lowest BCUT2D eigenvalue weighted by molar-refractivity contribution is -0.518. The molecule has 0 saturated carbocycles. The second-order valence-corrected chi connectivity index (χ2v) is 9.47. The number of allylic oxidation sites excluding steroid dienone is 3. The van der Waals surface area contributed by atoms with Crippen LogP contribution < -0.4 is 10.4 Å². The van der Waals surface area contributed by atoms with Crippen molar-refractivity contribution in [1.29, 1.82) is 0 Å². The molecule has 2 unspecified atom stereocenters. The van der Waals surface area contributed by atoms with Crippen molar-refractivity contribution in [2.24, 2.45) is 0 Å². The number of nitrogens with zero attached hydrogens (tertiary/aromatic N) is 2. The number of anilines is 1. The number of hydrogen-bond acceptors (Lipinski definition) is 6. The van der Waals surface area contributed by atoms with Crippen LogP contribution in [0.4, 0.5) is 18.9 Å². The standard InChI is InChI=1S/C29H18F3N3O5/c30-29(31,32)18-6-3-5-17(15-18)24-23-16(12-14-34(24)40)11-13-28(26(23)37)33-35(28)25-20(8-4-9-21(25)27(38)39)19-7-1-2-10-22(19)36/h1-15,24,33H,(H-,36,38,39)/p+1. The first kappa shape index (κ1) is 25.3. The first-order chi connectivity index (χ1) is 19.0. The van der Waals surface area contributed by atoms with E-state index in [0.717, 1.165) is 18.3 Å². The molecule has 0 bridgehead atoms. The van der Waals surface area contributed by atoms with E-state index in [9.17, 15) is 37.9 Å². The highest BCUT2D eigenvalue weighted by atomic mass is 19.4. The van der Waals surface area contributed by atoms with Crippen molar-refractivity contribution in [2.45, 2.75) is 17.9 Å². The van der Waals surface area contributed by atoms with E-state index in [1.165, 1.54) is 47.5 Å². The first-order valence-corrected chi connectivity index (χ1v) is 12.0. The maximum atomic E-state index is 14.1. The third kappa shape index (κ3) is 3.82. The summed E-state index contributed by atoms with van der Waals surface area (Å²) in [4.78, 5) is 39.3. The number of Topliss-reactive ketones (excluding diaryl/α,β-unsaturated/α-hetero) is 1. The molecule has 0 amide bonds. The average molecular weight is 546 g/mol. The third-order valence-electron chi connectivity index (χ3n) is 7.13. The zero-order chi connectivity index (χ0) is 28.4. The summed E-state index contributed by atoms with van der Waals surface area (Å²) in [6.07, 6.45) is 0.969. The molecule has 2 atom stereocenters. The van der Waals surface area contributed by atoms with Crippen molar-refractivity contribution >= 4 is 17.4 Å². The number of para-hydroxylation sites is 2. The number of rotatable bonds is 4. The van der Waals surface area contributed by atoms with Gasteiger partial charge in [0.05, 0.1) is 22.4 Å². The van der Waals surface area contributed by atoms with Gasteiger partial charge in [0.15, 0.2) is 0 Å². The Bertz CT molecular complexity index is 1730. The molecule has 8 nitrogen and oxygen atoms in total. The SMILES string of the molecule is O=C(O)c1cccc(-c2ccccc2O)c1N1NC12C=CC1=C(C2=O)C(c2cccc(C(F)(F)F)c2)[N+](=O)C=C1. The van der Waals surface area contributed by atoms with E-state index in [4.69, 9.17) is 0 Å². The fraction of sp³-hybridized carbons (Fsp3) is 0.103. The first-order valence-electron chi connectivity index (χ1n) is 12.0. The van der Waals surface area contributed by atoms with Crippen molar-refractivity contribution in [1.82, 2.24) is 5.43 Å². The van der Waals surface area contributed by atoms with E-state index in [0.29, 0.717) is 21.5 Å². The highest BCUT2D eigenvalue weighted by molar-refractivity contribution is 6.14. The van der Waals surface area contributed by atoms with Gasteiger partial charge in [0, 0.05) is 32.4 Å². The minimum Gasteiger partial charge on any atom is -0.507 e. The van der Waals surface area contributed by atoms with Crippen molar-refractivity contribution in [3.63, 3.8) is 0 Å². The summed E-state index contributed by atoms with van der Waals surface area (Å²) in [6.45, 7) is 0. The monoisotopic (exact) mass is 546 g/mol. The Morgan fingerprint density at radius 3 is 2.45 bits per heavy atom. The molecule has 0 radical (unpaired) electrons. The van der Waals surface area contributed by atoms with Crippen LogP contribution in [0.15, 0.2) is 102 Å². The van der Waals surface area contributed by atoms with Gasteiger partial charge >= 0.3 is 12.1 Å². The number of carbonyl (C=O) groups is 2. The van der Waals surface area contributed by atoms with Gasteiger partial charge in [-0.15, -0.1) is 0 Å². The van der Waals surface area contributed by atoms with Gasteiger partial charge in [-0.05, 0) is 35.9 Å². The number of nitroso groups, excluding NO2 is 1. The molecule has 3 aliphatic rings. The van der Waals surface area contributed by atoms with Gasteiger partial charge in [0.1, 0.15) is 5.75 Å². The molecule has 40 heavy (non-hydrogen) atoms. The smallest absolute Gasteiger partial charge is 0.416 e. The van der Waals surface area contributed by atoms with E-state index in [1.54, 1.807) is 30.3 Å². The number of aromatic hydroxyl groups is 1. The van der Waals surface area contributed by atoms with Crippen LogP contribution in [0.5, 0.6) is 5.75 Å². The maximum Gasteiger partial charge on any atom is 0.416 e. The Kier molecular flexibility index (Phi) is 5.52. The molecule has 1 spiro atoms. The molecule has 2 aliphatic heterocycles. The number of carboxylic acids is 1. The van der Waals surface area contributed by atoms with Gasteiger partial charge in [-0.1, -0.05) is 48.5 Å². The number of nitrogens with one attached hydrogen (secondary N) is 1. The molecular weight excluding hydrogens is 527 g/mol. The van der Waals surface area contributed by atoms with Crippen LogP contribution in [0.1, 0.15) is 27.5 Å². The van der Waals surface area contributed by atoms with Crippen molar-refractivity contribution in [3.8, 4) is 16.9 Å². The van der Waals surface area contributed by atoms with Crippen molar-refractivity contribution in [3.05, 3.63) is 124 Å². The predicted molar refractivity (Wildman–Crippen MR) is 137 cm³/mol. The van der Waals surface area contributed by atoms with Crippen LogP contribution in [0.25, 0.3) is 11.1 Å². The van der Waals surface area contributed by atoms with E-state index in [2.05, 4.69) is 5.43 Å². The molecule has 1 saturated heterocycles. The fourth-order valence-corrected chi connectivity index (χ4v) is 5.22. The lowest BCUT2D eigenvalue weighted by Crippen LogP contribution is -2.38. The normalized spacial score (nSPS) is 21.7.